The lowest BCUT2D eigenvalue weighted by molar-refractivity contribution is -0.144. The topological polar surface area (TPSA) is 38.7 Å². The SMILES string of the molecule is OC1(c2cccc(OCc3ccc4cc(F)c(F)cc4c3)c2C(F)(F)F)CCOCC1. The van der Waals surface area contributed by atoms with Crippen molar-refractivity contribution in [3.63, 3.8) is 0 Å². The number of hydrogen-bond donors (Lipinski definition) is 1. The molecule has 1 fully saturated rings. The summed E-state index contributed by atoms with van der Waals surface area (Å²) in [5.74, 6) is -2.40. The van der Waals surface area contributed by atoms with Crippen LogP contribution in [0, 0.1) is 11.6 Å². The second-order valence-electron chi connectivity index (χ2n) is 7.56. The van der Waals surface area contributed by atoms with Gasteiger partial charge >= 0.3 is 6.18 Å². The lowest BCUT2D eigenvalue weighted by Crippen LogP contribution is -2.35. The third-order valence-corrected chi connectivity index (χ3v) is 5.47. The number of halogens is 5. The van der Waals surface area contributed by atoms with Gasteiger partial charge in [-0.1, -0.05) is 24.3 Å². The highest BCUT2D eigenvalue weighted by molar-refractivity contribution is 5.83. The van der Waals surface area contributed by atoms with Gasteiger partial charge in [0.2, 0.25) is 0 Å². The largest absolute Gasteiger partial charge is 0.488 e. The lowest BCUT2D eigenvalue weighted by Gasteiger charge is -2.34. The van der Waals surface area contributed by atoms with E-state index in [1.165, 1.54) is 24.3 Å². The Morgan fingerprint density at radius 2 is 1.61 bits per heavy atom. The van der Waals surface area contributed by atoms with Crippen molar-refractivity contribution < 1.29 is 36.5 Å². The smallest absolute Gasteiger partial charge is 0.420 e. The van der Waals surface area contributed by atoms with Crippen LogP contribution in [0.15, 0.2) is 48.5 Å². The second kappa shape index (κ2) is 8.09. The van der Waals surface area contributed by atoms with Crippen LogP contribution in [0.5, 0.6) is 5.75 Å². The maximum absolute atomic E-state index is 14.0. The Labute approximate surface area is 175 Å². The van der Waals surface area contributed by atoms with Crippen molar-refractivity contribution in [1.29, 1.82) is 0 Å². The van der Waals surface area contributed by atoms with Crippen molar-refractivity contribution in [3.8, 4) is 5.75 Å². The minimum absolute atomic E-state index is 0.0479. The van der Waals surface area contributed by atoms with E-state index in [-0.39, 0.29) is 38.2 Å². The molecule has 0 spiro atoms. The molecule has 31 heavy (non-hydrogen) atoms. The summed E-state index contributed by atoms with van der Waals surface area (Å²) in [6.07, 6.45) is -4.65. The molecule has 0 aromatic heterocycles. The first-order valence-corrected chi connectivity index (χ1v) is 9.69. The fourth-order valence-electron chi connectivity index (χ4n) is 3.85. The summed E-state index contributed by atoms with van der Waals surface area (Å²) in [7, 11) is 0. The second-order valence-corrected chi connectivity index (χ2v) is 7.56. The fraction of sp³-hybridized carbons (Fsp3) is 0.304. The highest BCUT2D eigenvalue weighted by Crippen LogP contribution is 2.45. The van der Waals surface area contributed by atoms with E-state index in [2.05, 4.69) is 0 Å². The zero-order chi connectivity index (χ0) is 22.2. The summed E-state index contributed by atoms with van der Waals surface area (Å²) >= 11 is 0. The van der Waals surface area contributed by atoms with Crippen molar-refractivity contribution in [2.75, 3.05) is 13.2 Å². The summed E-state index contributed by atoms with van der Waals surface area (Å²) < 4.78 is 79.4. The normalized spacial score (nSPS) is 16.5. The summed E-state index contributed by atoms with van der Waals surface area (Å²) in [4.78, 5) is 0. The molecule has 1 heterocycles. The Morgan fingerprint density at radius 1 is 0.935 bits per heavy atom. The van der Waals surface area contributed by atoms with Gasteiger partial charge in [-0.3, -0.25) is 0 Å². The monoisotopic (exact) mass is 438 g/mol. The quantitative estimate of drug-likeness (QED) is 0.530. The molecule has 1 aliphatic rings. The molecule has 0 amide bonds. The number of benzene rings is 3. The summed E-state index contributed by atoms with van der Waals surface area (Å²) in [5.41, 5.74) is -2.43. The average molecular weight is 438 g/mol. The van der Waals surface area contributed by atoms with Gasteiger partial charge in [-0.15, -0.1) is 0 Å². The first-order valence-electron chi connectivity index (χ1n) is 9.69. The standard InChI is InChI=1S/C23H19F5O3/c24-18-11-15-5-4-14(10-16(15)12-19(18)25)13-31-20-3-1-2-17(21(20)23(26,27)28)22(29)6-8-30-9-7-22/h1-5,10-12,29H,6-9,13H2. The molecular weight excluding hydrogens is 419 g/mol. The van der Waals surface area contributed by atoms with Crippen LogP contribution in [-0.2, 0) is 23.1 Å². The van der Waals surface area contributed by atoms with Crippen molar-refractivity contribution in [3.05, 3.63) is 76.9 Å². The molecule has 4 rings (SSSR count). The molecule has 3 aromatic rings. The van der Waals surface area contributed by atoms with Gasteiger partial charge in [-0.05, 0) is 46.2 Å². The van der Waals surface area contributed by atoms with Crippen molar-refractivity contribution in [2.24, 2.45) is 0 Å². The highest BCUT2D eigenvalue weighted by Gasteiger charge is 2.44. The minimum Gasteiger partial charge on any atom is -0.488 e. The third-order valence-electron chi connectivity index (χ3n) is 5.47. The van der Waals surface area contributed by atoms with E-state index in [0.29, 0.717) is 16.3 Å². The minimum atomic E-state index is -4.75. The molecule has 0 atom stereocenters. The van der Waals surface area contributed by atoms with E-state index in [0.717, 1.165) is 12.1 Å². The van der Waals surface area contributed by atoms with E-state index in [1.54, 1.807) is 12.1 Å². The molecule has 8 heteroatoms. The molecule has 0 bridgehead atoms. The molecule has 0 unspecified atom stereocenters. The van der Waals surface area contributed by atoms with Gasteiger partial charge in [0.25, 0.3) is 0 Å². The van der Waals surface area contributed by atoms with E-state index in [9.17, 15) is 27.1 Å². The summed E-state index contributed by atoms with van der Waals surface area (Å²) in [6.45, 7) is 0.100. The Kier molecular flexibility index (Phi) is 5.61. The number of ether oxygens (including phenoxy) is 2. The van der Waals surface area contributed by atoms with Gasteiger partial charge in [0.05, 0.1) is 5.60 Å². The van der Waals surface area contributed by atoms with Crippen molar-refractivity contribution in [2.45, 2.75) is 31.2 Å². The Balaban J connectivity index is 1.66. The van der Waals surface area contributed by atoms with Crippen LogP contribution in [0.2, 0.25) is 0 Å². The number of fused-ring (bicyclic) bond motifs is 1. The van der Waals surface area contributed by atoms with Gasteiger partial charge in [0.15, 0.2) is 11.6 Å². The molecule has 3 aromatic carbocycles. The zero-order valence-corrected chi connectivity index (χ0v) is 16.3. The van der Waals surface area contributed by atoms with E-state index < -0.39 is 34.7 Å². The number of aliphatic hydroxyl groups is 1. The van der Waals surface area contributed by atoms with Crippen LogP contribution in [-0.4, -0.2) is 18.3 Å². The maximum Gasteiger partial charge on any atom is 0.420 e. The van der Waals surface area contributed by atoms with Gasteiger partial charge in [-0.25, -0.2) is 8.78 Å². The first-order chi connectivity index (χ1) is 14.7. The predicted molar refractivity (Wildman–Crippen MR) is 104 cm³/mol. The van der Waals surface area contributed by atoms with Crippen molar-refractivity contribution >= 4 is 10.8 Å². The van der Waals surface area contributed by atoms with Crippen LogP contribution in [0.4, 0.5) is 22.0 Å². The van der Waals surface area contributed by atoms with Crippen LogP contribution >= 0.6 is 0 Å². The maximum atomic E-state index is 14.0. The molecule has 1 aliphatic heterocycles. The van der Waals surface area contributed by atoms with E-state index in [1.807, 2.05) is 0 Å². The third kappa shape index (κ3) is 4.36. The van der Waals surface area contributed by atoms with E-state index >= 15 is 0 Å². The fourth-order valence-corrected chi connectivity index (χ4v) is 3.85. The summed E-state index contributed by atoms with van der Waals surface area (Å²) in [6, 6.07) is 10.6. The van der Waals surface area contributed by atoms with Crippen molar-refractivity contribution in [1.82, 2.24) is 0 Å². The van der Waals surface area contributed by atoms with E-state index in [4.69, 9.17) is 9.47 Å². The van der Waals surface area contributed by atoms with Crippen LogP contribution in [0.1, 0.15) is 29.5 Å². The predicted octanol–water partition coefficient (Wildman–Crippen LogP) is 5.71. The molecule has 164 valence electrons. The van der Waals surface area contributed by atoms with Crippen LogP contribution in [0.25, 0.3) is 10.8 Å². The molecule has 3 nitrogen and oxygen atoms in total. The van der Waals surface area contributed by atoms with Gasteiger partial charge < -0.3 is 14.6 Å². The molecule has 1 N–H and O–H groups in total. The number of alkyl halides is 3. The Morgan fingerprint density at radius 3 is 2.29 bits per heavy atom. The number of hydrogen-bond acceptors (Lipinski definition) is 3. The molecule has 0 aliphatic carbocycles. The highest BCUT2D eigenvalue weighted by atomic mass is 19.4. The Bertz CT molecular complexity index is 1100. The average Bonchev–Trinajstić information content (AvgIpc) is 2.72. The summed E-state index contributed by atoms with van der Waals surface area (Å²) in [5, 5.41) is 11.7. The number of rotatable bonds is 4. The Hall–Kier alpha value is -2.71. The van der Waals surface area contributed by atoms with Gasteiger partial charge in [-0.2, -0.15) is 13.2 Å². The van der Waals surface area contributed by atoms with Gasteiger partial charge in [0, 0.05) is 26.1 Å². The van der Waals surface area contributed by atoms with Crippen LogP contribution in [0.3, 0.4) is 0 Å². The zero-order valence-electron chi connectivity index (χ0n) is 16.3. The van der Waals surface area contributed by atoms with Gasteiger partial charge in [0.1, 0.15) is 17.9 Å². The lowest BCUT2D eigenvalue weighted by atomic mass is 9.83. The molecular formula is C23H19F5O3. The first kappa shape index (κ1) is 21.5. The molecule has 0 saturated carbocycles. The van der Waals surface area contributed by atoms with Crippen LogP contribution < -0.4 is 4.74 Å². The molecule has 0 radical (unpaired) electrons. The molecule has 1 saturated heterocycles.